The van der Waals surface area contributed by atoms with Gasteiger partial charge in [-0.05, 0) is 70.7 Å². The largest absolute Gasteiger partial charge is 0.443 e. The van der Waals surface area contributed by atoms with Gasteiger partial charge in [0, 0.05) is 50.9 Å². The van der Waals surface area contributed by atoms with Crippen molar-refractivity contribution in [3.8, 4) is 0 Å². The van der Waals surface area contributed by atoms with E-state index in [-0.39, 0.29) is 17.5 Å². The van der Waals surface area contributed by atoms with Crippen LogP contribution in [-0.2, 0) is 16.0 Å². The average Bonchev–Trinajstić information content (AvgIpc) is 3.17. The minimum atomic E-state index is -3.62. The third kappa shape index (κ3) is 3.78. The topological polar surface area (TPSA) is 54.8 Å². The molecule has 6 heteroatoms. The SMILES string of the molecule is [2H]C([2H])([2H])C([2H])([2H])N(C(=O)[C@@H]1C=C2c3cccc4c3c(cn4C(=O)OC(C)(C)C)C[C@H]2N(C)C1)C([2H])([2H])C([2H])([2H])[2H]. The predicted octanol–water partition coefficient (Wildman–Crippen LogP) is 4.16. The Morgan fingerprint density at radius 1 is 1.29 bits per heavy atom. The van der Waals surface area contributed by atoms with Crippen LogP contribution < -0.4 is 0 Å². The molecule has 0 saturated heterocycles. The monoisotopic (exact) mass is 433 g/mol. The second-order valence-corrected chi connectivity index (χ2v) is 8.99. The molecule has 0 radical (unpaired) electrons. The molecule has 0 spiro atoms. The van der Waals surface area contributed by atoms with Gasteiger partial charge in [0.1, 0.15) is 5.60 Å². The van der Waals surface area contributed by atoms with Crippen LogP contribution in [0.25, 0.3) is 16.5 Å². The molecule has 4 rings (SSSR count). The van der Waals surface area contributed by atoms with E-state index in [1.807, 2.05) is 6.07 Å². The van der Waals surface area contributed by atoms with Crippen molar-refractivity contribution in [3.05, 3.63) is 41.6 Å². The zero-order valence-corrected chi connectivity index (χ0v) is 18.0. The number of amides is 1. The van der Waals surface area contributed by atoms with Crippen LogP contribution in [0.1, 0.15) is 59.3 Å². The van der Waals surface area contributed by atoms with E-state index in [0.717, 1.165) is 10.9 Å². The Balaban J connectivity index is 1.84. The molecular formula is C25H33N3O3. The van der Waals surface area contributed by atoms with Crippen molar-refractivity contribution in [1.29, 1.82) is 0 Å². The van der Waals surface area contributed by atoms with Crippen LogP contribution >= 0.6 is 0 Å². The molecular weight excluding hydrogens is 390 g/mol. The van der Waals surface area contributed by atoms with Crippen LogP contribution in [0.15, 0.2) is 30.5 Å². The molecule has 6 nitrogen and oxygen atoms in total. The van der Waals surface area contributed by atoms with E-state index in [0.29, 0.717) is 23.1 Å². The van der Waals surface area contributed by atoms with Gasteiger partial charge in [0.2, 0.25) is 5.91 Å². The lowest BCUT2D eigenvalue weighted by Gasteiger charge is -2.40. The van der Waals surface area contributed by atoms with Crippen LogP contribution in [0, 0.1) is 5.92 Å². The number of fused-ring (bicyclic) bond motifs is 2. The Morgan fingerprint density at radius 3 is 2.71 bits per heavy atom. The standard InChI is InChI=1S/C25H33N3O3/c1-7-27(8-2)23(29)17-12-19-18-10-9-11-20-22(18)16(13-21(19)26(6)14-17)15-28(20)24(30)31-25(3,4)5/h9-12,15,17,21H,7-8,13-14H2,1-6H3/t17-,21-/m1/s1/i1D3,2D3,7D2,8D2. The minimum absolute atomic E-state index is 0.0459. The van der Waals surface area contributed by atoms with Gasteiger partial charge in [0.05, 0.1) is 11.4 Å². The summed E-state index contributed by atoms with van der Waals surface area (Å²) < 4.78 is 85.6. The highest BCUT2D eigenvalue weighted by atomic mass is 16.6. The maximum atomic E-state index is 13.8. The summed E-state index contributed by atoms with van der Waals surface area (Å²) >= 11 is 0. The number of hydrogen-bond donors (Lipinski definition) is 0. The van der Waals surface area contributed by atoms with Crippen molar-refractivity contribution in [1.82, 2.24) is 14.4 Å². The highest BCUT2D eigenvalue weighted by Gasteiger charge is 2.37. The first-order valence-corrected chi connectivity index (χ1v) is 10.1. The Hall–Kier alpha value is -2.60. The molecule has 31 heavy (non-hydrogen) atoms. The lowest BCUT2D eigenvalue weighted by atomic mass is 9.79. The van der Waals surface area contributed by atoms with Crippen molar-refractivity contribution in [2.45, 2.75) is 52.5 Å². The molecule has 0 bridgehead atoms. The van der Waals surface area contributed by atoms with Gasteiger partial charge in [-0.15, -0.1) is 0 Å². The molecule has 2 aromatic rings. The highest BCUT2D eigenvalue weighted by Crippen LogP contribution is 2.42. The summed E-state index contributed by atoms with van der Waals surface area (Å²) in [4.78, 5) is 28.4. The van der Waals surface area contributed by atoms with Gasteiger partial charge in [-0.25, -0.2) is 4.79 Å². The van der Waals surface area contributed by atoms with E-state index in [2.05, 4.69) is 0 Å². The molecule has 0 fully saturated rings. The Kier molecular flexibility index (Phi) is 3.14. The fourth-order valence-electron chi connectivity index (χ4n) is 4.48. The van der Waals surface area contributed by atoms with Crippen LogP contribution in [0.2, 0.25) is 0 Å². The molecule has 0 N–H and O–H groups in total. The number of rotatable bonds is 3. The summed E-state index contributed by atoms with van der Waals surface area (Å²) in [7, 11) is 1.72. The molecule has 1 aromatic heterocycles. The molecule has 2 heterocycles. The maximum Gasteiger partial charge on any atom is 0.419 e. The summed E-state index contributed by atoms with van der Waals surface area (Å²) in [5.74, 6) is -2.56. The van der Waals surface area contributed by atoms with Gasteiger partial charge in [-0.1, -0.05) is 18.2 Å². The summed E-state index contributed by atoms with van der Waals surface area (Å²) in [6, 6.07) is 5.05. The normalized spacial score (nSPS) is 27.4. The first kappa shape index (κ1) is 12.4. The molecule has 2 aliphatic rings. The number of carbonyl (C=O) groups is 2. The number of carbonyl (C=O) groups excluding carboxylic acids is 2. The number of likely N-dealkylation sites (N-methyl/N-ethyl adjacent to an activating group) is 1. The van der Waals surface area contributed by atoms with Crippen molar-refractivity contribution in [2.75, 3.05) is 26.6 Å². The van der Waals surface area contributed by atoms with Gasteiger partial charge in [-0.3, -0.25) is 14.3 Å². The second-order valence-electron chi connectivity index (χ2n) is 8.99. The first-order valence-electron chi connectivity index (χ1n) is 15.1. The molecule has 1 aliphatic heterocycles. The lowest BCUT2D eigenvalue weighted by Crippen LogP contribution is -2.47. The van der Waals surface area contributed by atoms with E-state index in [1.54, 1.807) is 51.0 Å². The summed E-state index contributed by atoms with van der Waals surface area (Å²) in [5.41, 5.74) is 2.09. The summed E-state index contributed by atoms with van der Waals surface area (Å²) in [6.07, 6.45) is 3.16. The first-order chi connectivity index (χ1) is 18.5. The fourth-order valence-corrected chi connectivity index (χ4v) is 4.48. The zero-order valence-electron chi connectivity index (χ0n) is 28.0. The van der Waals surface area contributed by atoms with E-state index in [4.69, 9.17) is 18.4 Å². The smallest absolute Gasteiger partial charge is 0.419 e. The van der Waals surface area contributed by atoms with E-state index >= 15 is 0 Å². The number of aromatic nitrogens is 1. The number of hydrogen-bond acceptors (Lipinski definition) is 4. The molecule has 0 saturated carbocycles. The molecule has 166 valence electrons. The van der Waals surface area contributed by atoms with Crippen LogP contribution in [0.3, 0.4) is 0 Å². The Labute approximate surface area is 198 Å². The molecule has 0 unspecified atom stereocenters. The third-order valence-electron chi connectivity index (χ3n) is 5.74. The second kappa shape index (κ2) is 7.83. The maximum absolute atomic E-state index is 13.8. The minimum Gasteiger partial charge on any atom is -0.443 e. The van der Waals surface area contributed by atoms with Gasteiger partial charge in [0.25, 0.3) is 0 Å². The van der Waals surface area contributed by atoms with Crippen LogP contribution in [0.5, 0.6) is 0 Å². The van der Waals surface area contributed by atoms with Crippen LogP contribution in [-0.4, -0.2) is 64.6 Å². The van der Waals surface area contributed by atoms with Crippen molar-refractivity contribution in [2.24, 2.45) is 5.92 Å². The van der Waals surface area contributed by atoms with Gasteiger partial charge in [0.15, 0.2) is 0 Å². The van der Waals surface area contributed by atoms with E-state index in [9.17, 15) is 9.59 Å². The molecule has 1 aromatic carbocycles. The van der Waals surface area contributed by atoms with Crippen molar-refractivity contribution < 1.29 is 28.0 Å². The summed E-state index contributed by atoms with van der Waals surface area (Å²) in [5, 5.41) is 0.759. The Bertz CT molecular complexity index is 1390. The van der Waals surface area contributed by atoms with Crippen molar-refractivity contribution >= 4 is 28.5 Å². The van der Waals surface area contributed by atoms with Gasteiger partial charge < -0.3 is 9.64 Å². The summed E-state index contributed by atoms with van der Waals surface area (Å²) in [6.45, 7) is -9.08. The van der Waals surface area contributed by atoms with Gasteiger partial charge in [-0.2, -0.15) is 0 Å². The zero-order chi connectivity index (χ0) is 31.1. The lowest BCUT2D eigenvalue weighted by molar-refractivity contribution is -0.134. The number of ether oxygens (including phenoxy) is 1. The molecule has 1 aliphatic carbocycles. The van der Waals surface area contributed by atoms with Crippen LogP contribution in [0.4, 0.5) is 4.79 Å². The quantitative estimate of drug-likeness (QED) is 0.729. The van der Waals surface area contributed by atoms with Crippen molar-refractivity contribution in [3.63, 3.8) is 0 Å². The number of nitrogens with zero attached hydrogens (tertiary/aromatic N) is 3. The van der Waals surface area contributed by atoms with E-state index in [1.165, 1.54) is 10.6 Å². The third-order valence-corrected chi connectivity index (χ3v) is 5.74. The number of benzene rings is 1. The average molecular weight is 434 g/mol. The Morgan fingerprint density at radius 2 is 2.03 bits per heavy atom. The van der Waals surface area contributed by atoms with Gasteiger partial charge >= 0.3 is 6.09 Å². The predicted molar refractivity (Wildman–Crippen MR) is 123 cm³/mol. The molecule has 1 amide bonds. The molecule has 2 atom stereocenters. The van der Waals surface area contributed by atoms with E-state index < -0.39 is 50.2 Å². The fraction of sp³-hybridized carbons (Fsp3) is 0.520. The highest BCUT2D eigenvalue weighted by molar-refractivity contribution is 6.02.